The Hall–Kier alpha value is -9.12. The summed E-state index contributed by atoms with van der Waals surface area (Å²) in [5.41, 5.74) is 26.1. The molecule has 0 spiro atoms. The maximum atomic E-state index is 2.72. The van der Waals surface area contributed by atoms with Gasteiger partial charge in [-0.25, -0.2) is 0 Å². The predicted molar refractivity (Wildman–Crippen MR) is 378 cm³/mol. The summed E-state index contributed by atoms with van der Waals surface area (Å²) in [7, 11) is 0. The molecule has 0 aliphatic heterocycles. The molecule has 0 amide bonds. The summed E-state index contributed by atoms with van der Waals surface area (Å²) in [6.45, 7) is 18.8. The van der Waals surface area contributed by atoms with Gasteiger partial charge in [-0.15, -0.1) is 0 Å². The summed E-state index contributed by atoms with van der Waals surface area (Å²) < 4.78 is 5.01. The fourth-order valence-corrected chi connectivity index (χ4v) is 16.0. The number of aryl methyl sites for hydroxylation is 2. The molecular weight excluding hydrogens is 1060 g/mol. The van der Waals surface area contributed by atoms with Crippen LogP contribution in [0.5, 0.6) is 0 Å². The Bertz CT molecular complexity index is 4730. The van der Waals surface area contributed by atoms with Crippen LogP contribution in [0.4, 0.5) is 34.1 Å². The molecule has 14 aromatic rings. The molecule has 4 heteroatoms. The highest BCUT2D eigenvalue weighted by Gasteiger charge is 2.32. The molecular formula is C84H78N4. The highest BCUT2D eigenvalue weighted by atomic mass is 15.2. The molecule has 434 valence electrons. The van der Waals surface area contributed by atoms with Gasteiger partial charge in [0.15, 0.2) is 0 Å². The average Bonchev–Trinajstić information content (AvgIpc) is 0.925. The Morgan fingerprint density at radius 3 is 1.06 bits per heavy atom. The number of hydrogen-bond donors (Lipinski definition) is 0. The van der Waals surface area contributed by atoms with Crippen LogP contribution in [-0.2, 0) is 25.7 Å². The van der Waals surface area contributed by atoms with Gasteiger partial charge >= 0.3 is 0 Å². The molecule has 16 rings (SSSR count). The van der Waals surface area contributed by atoms with E-state index in [1.54, 1.807) is 0 Å². The van der Waals surface area contributed by atoms with Gasteiger partial charge in [0.05, 0.1) is 44.8 Å². The third-order valence-corrected chi connectivity index (χ3v) is 20.3. The zero-order valence-electron chi connectivity index (χ0n) is 52.4. The van der Waals surface area contributed by atoms with E-state index in [0.717, 1.165) is 25.7 Å². The topological polar surface area (TPSA) is 16.3 Å². The number of aromatic nitrogens is 2. The lowest BCUT2D eigenvalue weighted by Crippen LogP contribution is -2.17. The molecule has 0 atom stereocenters. The van der Waals surface area contributed by atoms with Gasteiger partial charge in [-0.3, -0.25) is 0 Å². The number of hydrogen-bond acceptors (Lipinski definition) is 2. The number of para-hydroxylation sites is 2. The van der Waals surface area contributed by atoms with E-state index in [2.05, 4.69) is 281 Å². The molecule has 4 nitrogen and oxygen atoms in total. The standard InChI is InChI=1S/C84H78N4/c1-51(2)55-37-41-59(42-38-55)85-73-29-15-13-27-65(73)83-75(85)33-19-35-77(83)87(71-31-17-23-57-21-9-11-25-61(57)71)79-49-69(53(5)6)63-46-48-68-80(50-70(54(7)8)64-45-47-67(79)81(63)82(64)68)88(72-32-18-24-58-22-10-12-26-62(58)72)78-36-20-34-76-84(78)66-28-14-16-30-74(66)86(76)60-43-39-56(40-44-60)52(3)4/h13-20,23-24,27-54H,9-12,21-22,25-26H2,1-8H3. The molecule has 0 bridgehead atoms. The van der Waals surface area contributed by atoms with Crippen molar-refractivity contribution >= 4 is 110 Å². The Morgan fingerprint density at radius 2 is 0.648 bits per heavy atom. The molecule has 2 aromatic heterocycles. The van der Waals surface area contributed by atoms with E-state index in [1.807, 2.05) is 0 Å². The van der Waals surface area contributed by atoms with Crippen LogP contribution in [0, 0.1) is 0 Å². The van der Waals surface area contributed by atoms with Gasteiger partial charge in [0.1, 0.15) is 0 Å². The first-order chi connectivity index (χ1) is 43.0. The van der Waals surface area contributed by atoms with Gasteiger partial charge < -0.3 is 18.9 Å². The fraction of sp³-hybridized carbons (Fsp3) is 0.238. The quantitative estimate of drug-likeness (QED) is 0.113. The van der Waals surface area contributed by atoms with Crippen molar-refractivity contribution in [3.8, 4) is 11.4 Å². The van der Waals surface area contributed by atoms with Crippen LogP contribution in [0.2, 0.25) is 0 Å². The fourth-order valence-electron chi connectivity index (χ4n) is 16.0. The van der Waals surface area contributed by atoms with E-state index in [1.165, 1.54) is 192 Å². The number of benzene rings is 12. The summed E-state index contributed by atoms with van der Waals surface area (Å²) >= 11 is 0. The van der Waals surface area contributed by atoms with E-state index in [4.69, 9.17) is 0 Å². The number of fused-ring (bicyclic) bond motifs is 8. The lowest BCUT2D eigenvalue weighted by Gasteiger charge is -2.34. The van der Waals surface area contributed by atoms with Gasteiger partial charge in [0.2, 0.25) is 0 Å². The van der Waals surface area contributed by atoms with E-state index in [-0.39, 0.29) is 11.8 Å². The van der Waals surface area contributed by atoms with Crippen LogP contribution >= 0.6 is 0 Å². The summed E-state index contributed by atoms with van der Waals surface area (Å²) in [6.07, 6.45) is 9.13. The minimum Gasteiger partial charge on any atom is -0.309 e. The van der Waals surface area contributed by atoms with E-state index in [9.17, 15) is 0 Å². The van der Waals surface area contributed by atoms with Crippen LogP contribution < -0.4 is 9.80 Å². The molecule has 0 fully saturated rings. The van der Waals surface area contributed by atoms with Crippen LogP contribution in [0.1, 0.15) is 149 Å². The SMILES string of the molecule is CC(C)c1ccc(-n2c3ccccc3c3c(N(c4cccc5c4CCCC5)c4cc(C(C)C)c5ccc6c(N(c7cccc8c7CCCC8)c7cccc8c7c7ccccc7n8-c7ccc(C(C)C)cc7)cc(C(C)C)c7ccc4c5c76)cccc32)cc1. The van der Waals surface area contributed by atoms with Gasteiger partial charge in [0.25, 0.3) is 0 Å². The first kappa shape index (κ1) is 54.3. The van der Waals surface area contributed by atoms with Crippen LogP contribution in [-0.4, -0.2) is 9.13 Å². The number of nitrogens with zero attached hydrogens (tertiary/aromatic N) is 4. The zero-order valence-corrected chi connectivity index (χ0v) is 52.4. The largest absolute Gasteiger partial charge is 0.309 e. The average molecular weight is 1140 g/mol. The zero-order chi connectivity index (χ0) is 59.6. The Morgan fingerprint density at radius 1 is 0.284 bits per heavy atom. The molecule has 0 saturated heterocycles. The van der Waals surface area contributed by atoms with Gasteiger partial charge in [-0.05, 0) is 226 Å². The van der Waals surface area contributed by atoms with Crippen molar-refractivity contribution in [1.82, 2.24) is 9.13 Å². The van der Waals surface area contributed by atoms with Crippen molar-refractivity contribution in [3.63, 3.8) is 0 Å². The first-order valence-electron chi connectivity index (χ1n) is 32.9. The Balaban J connectivity index is 1.01. The van der Waals surface area contributed by atoms with Crippen molar-refractivity contribution in [2.75, 3.05) is 9.80 Å². The maximum Gasteiger partial charge on any atom is 0.0562 e. The third-order valence-electron chi connectivity index (χ3n) is 20.3. The van der Waals surface area contributed by atoms with Gasteiger partial charge in [-0.2, -0.15) is 0 Å². The van der Waals surface area contributed by atoms with Crippen molar-refractivity contribution in [3.05, 3.63) is 251 Å². The maximum absolute atomic E-state index is 2.72. The summed E-state index contributed by atoms with van der Waals surface area (Å²) in [6, 6.07) is 80.5. The molecule has 2 heterocycles. The summed E-state index contributed by atoms with van der Waals surface area (Å²) in [5.74, 6) is 1.40. The molecule has 88 heavy (non-hydrogen) atoms. The first-order valence-corrected chi connectivity index (χ1v) is 32.9. The molecule has 2 aliphatic carbocycles. The molecule has 0 N–H and O–H groups in total. The molecule has 12 aromatic carbocycles. The van der Waals surface area contributed by atoms with Crippen molar-refractivity contribution < 1.29 is 0 Å². The minimum atomic E-state index is 0.245. The van der Waals surface area contributed by atoms with Gasteiger partial charge in [-0.1, -0.05) is 177 Å². The highest BCUT2D eigenvalue weighted by Crippen LogP contribution is 2.55. The minimum absolute atomic E-state index is 0.245. The van der Waals surface area contributed by atoms with E-state index < -0.39 is 0 Å². The highest BCUT2D eigenvalue weighted by molar-refractivity contribution is 6.31. The van der Waals surface area contributed by atoms with Crippen molar-refractivity contribution in [1.29, 1.82) is 0 Å². The van der Waals surface area contributed by atoms with Crippen molar-refractivity contribution in [2.24, 2.45) is 0 Å². The molecule has 0 saturated carbocycles. The molecule has 0 unspecified atom stereocenters. The monoisotopic (exact) mass is 1140 g/mol. The van der Waals surface area contributed by atoms with Crippen LogP contribution in [0.25, 0.3) is 87.3 Å². The van der Waals surface area contributed by atoms with Crippen LogP contribution in [0.15, 0.2) is 206 Å². The number of anilines is 6. The Labute approximate surface area is 518 Å². The van der Waals surface area contributed by atoms with Gasteiger partial charge in [0, 0.05) is 55.1 Å². The third kappa shape index (κ3) is 8.45. The predicted octanol–water partition coefficient (Wildman–Crippen LogP) is 24.0. The summed E-state index contributed by atoms with van der Waals surface area (Å²) in [5, 5.41) is 13.0. The normalized spacial score (nSPS) is 13.7. The van der Waals surface area contributed by atoms with E-state index in [0.29, 0.717) is 11.8 Å². The number of rotatable bonds is 12. The van der Waals surface area contributed by atoms with Crippen LogP contribution in [0.3, 0.4) is 0 Å². The lowest BCUT2D eigenvalue weighted by atomic mass is 9.83. The lowest BCUT2D eigenvalue weighted by molar-refractivity contribution is 0.686. The second kappa shape index (κ2) is 21.3. The molecule has 0 radical (unpaired) electrons. The van der Waals surface area contributed by atoms with E-state index >= 15 is 0 Å². The second-order valence-electron chi connectivity index (χ2n) is 26.8. The van der Waals surface area contributed by atoms with Crippen molar-refractivity contribution in [2.45, 2.75) is 130 Å². The molecule has 2 aliphatic rings. The Kier molecular flexibility index (Phi) is 13.2. The second-order valence-corrected chi connectivity index (χ2v) is 26.8. The smallest absolute Gasteiger partial charge is 0.0562 e. The summed E-state index contributed by atoms with van der Waals surface area (Å²) in [4.78, 5) is 5.45.